The van der Waals surface area contributed by atoms with Crippen LogP contribution in [-0.2, 0) is 4.79 Å². The summed E-state index contributed by atoms with van der Waals surface area (Å²) in [5.74, 6) is 2.09. The van der Waals surface area contributed by atoms with E-state index in [1.807, 2.05) is 42.5 Å². The first-order valence-electron chi connectivity index (χ1n) is 7.00. The van der Waals surface area contributed by atoms with Gasteiger partial charge in [-0.2, -0.15) is 0 Å². The number of ether oxygens (including phenoxy) is 2. The standard InChI is InChI=1S/C18H17NO3/c1-12(20)11-19-13(2)22-18-9-6-15(10-17(18)19)14-4-7-16(21-3)8-5-14/h4-10H,2,11H2,1,3H3. The van der Waals surface area contributed by atoms with E-state index in [9.17, 15) is 4.79 Å². The van der Waals surface area contributed by atoms with Gasteiger partial charge in [0.05, 0.1) is 19.3 Å². The van der Waals surface area contributed by atoms with Crippen LogP contribution in [0.1, 0.15) is 6.92 Å². The SMILES string of the molecule is C=C1Oc2ccc(-c3ccc(OC)cc3)cc2N1CC(C)=O. The highest BCUT2D eigenvalue weighted by Gasteiger charge is 2.26. The van der Waals surface area contributed by atoms with Crippen LogP contribution < -0.4 is 14.4 Å². The van der Waals surface area contributed by atoms with Gasteiger partial charge in [-0.25, -0.2) is 0 Å². The van der Waals surface area contributed by atoms with Crippen LogP contribution in [0.25, 0.3) is 11.1 Å². The highest BCUT2D eigenvalue weighted by atomic mass is 16.5. The predicted octanol–water partition coefficient (Wildman–Crippen LogP) is 3.62. The Morgan fingerprint density at radius 2 is 1.86 bits per heavy atom. The number of Topliss-reactive ketones (excluding diaryl/α,β-unsaturated/α-hetero) is 1. The number of nitrogens with zero attached hydrogens (tertiary/aromatic N) is 1. The Hall–Kier alpha value is -2.75. The molecular formula is C18H17NO3. The van der Waals surface area contributed by atoms with Crippen molar-refractivity contribution in [2.75, 3.05) is 18.6 Å². The topological polar surface area (TPSA) is 38.8 Å². The molecule has 112 valence electrons. The Labute approximate surface area is 129 Å². The molecule has 4 heteroatoms. The van der Waals surface area contributed by atoms with Gasteiger partial charge in [0.1, 0.15) is 11.5 Å². The molecule has 0 saturated carbocycles. The van der Waals surface area contributed by atoms with E-state index in [1.165, 1.54) is 0 Å². The van der Waals surface area contributed by atoms with Crippen molar-refractivity contribution in [2.24, 2.45) is 0 Å². The van der Waals surface area contributed by atoms with Gasteiger partial charge in [-0.05, 0) is 48.9 Å². The maximum atomic E-state index is 11.4. The third-order valence-electron chi connectivity index (χ3n) is 3.58. The smallest absolute Gasteiger partial charge is 0.193 e. The third-order valence-corrected chi connectivity index (χ3v) is 3.58. The summed E-state index contributed by atoms with van der Waals surface area (Å²) in [4.78, 5) is 13.2. The second kappa shape index (κ2) is 5.56. The van der Waals surface area contributed by atoms with Crippen LogP contribution in [0, 0.1) is 0 Å². The summed E-state index contributed by atoms with van der Waals surface area (Å²) >= 11 is 0. The first kappa shape index (κ1) is 14.2. The van der Waals surface area contributed by atoms with E-state index in [-0.39, 0.29) is 12.3 Å². The van der Waals surface area contributed by atoms with Crippen molar-refractivity contribution in [1.29, 1.82) is 0 Å². The van der Waals surface area contributed by atoms with Crippen LogP contribution in [-0.4, -0.2) is 19.4 Å². The fraction of sp³-hybridized carbons (Fsp3) is 0.167. The van der Waals surface area contributed by atoms with E-state index in [0.717, 1.165) is 28.3 Å². The van der Waals surface area contributed by atoms with Gasteiger partial charge in [0.15, 0.2) is 11.6 Å². The molecule has 4 nitrogen and oxygen atoms in total. The van der Waals surface area contributed by atoms with Gasteiger partial charge in [-0.3, -0.25) is 4.79 Å². The van der Waals surface area contributed by atoms with E-state index in [1.54, 1.807) is 18.9 Å². The maximum absolute atomic E-state index is 11.4. The predicted molar refractivity (Wildman–Crippen MR) is 86.2 cm³/mol. The van der Waals surface area contributed by atoms with Gasteiger partial charge in [0.25, 0.3) is 0 Å². The van der Waals surface area contributed by atoms with Crippen molar-refractivity contribution in [3.8, 4) is 22.6 Å². The van der Waals surface area contributed by atoms with Crippen molar-refractivity contribution in [3.05, 3.63) is 54.9 Å². The van der Waals surface area contributed by atoms with Gasteiger partial charge in [0.2, 0.25) is 0 Å². The lowest BCUT2D eigenvalue weighted by Gasteiger charge is -2.16. The molecule has 2 aromatic rings. The number of carbonyl (C=O) groups is 1. The van der Waals surface area contributed by atoms with Crippen LogP contribution in [0.15, 0.2) is 54.9 Å². The molecule has 0 saturated heterocycles. The highest BCUT2D eigenvalue weighted by Crippen LogP contribution is 2.41. The largest absolute Gasteiger partial charge is 0.497 e. The molecule has 0 bridgehead atoms. The Balaban J connectivity index is 1.97. The molecule has 0 unspecified atom stereocenters. The molecule has 0 atom stereocenters. The number of ketones is 1. The Morgan fingerprint density at radius 1 is 1.18 bits per heavy atom. The van der Waals surface area contributed by atoms with E-state index < -0.39 is 0 Å². The third kappa shape index (κ3) is 2.55. The van der Waals surface area contributed by atoms with Gasteiger partial charge >= 0.3 is 0 Å². The van der Waals surface area contributed by atoms with Crippen LogP contribution in [0.3, 0.4) is 0 Å². The average molecular weight is 295 g/mol. The Kier molecular flexibility index (Phi) is 3.59. The molecule has 0 fully saturated rings. The van der Waals surface area contributed by atoms with E-state index in [2.05, 4.69) is 6.58 Å². The van der Waals surface area contributed by atoms with Crippen LogP contribution >= 0.6 is 0 Å². The summed E-state index contributed by atoms with van der Waals surface area (Å²) in [6.45, 7) is 5.68. The number of carbonyl (C=O) groups excluding carboxylic acids is 1. The molecule has 0 N–H and O–H groups in total. The van der Waals surface area contributed by atoms with Gasteiger partial charge in [-0.1, -0.05) is 18.2 Å². The second-order valence-corrected chi connectivity index (χ2v) is 5.19. The summed E-state index contributed by atoms with van der Waals surface area (Å²) in [6.07, 6.45) is 0. The van der Waals surface area contributed by atoms with Crippen molar-refractivity contribution in [2.45, 2.75) is 6.92 Å². The average Bonchev–Trinajstić information content (AvgIpc) is 2.82. The van der Waals surface area contributed by atoms with Crippen molar-refractivity contribution < 1.29 is 14.3 Å². The molecule has 22 heavy (non-hydrogen) atoms. The molecule has 0 radical (unpaired) electrons. The molecule has 1 aliphatic heterocycles. The van der Waals surface area contributed by atoms with Gasteiger partial charge in [0, 0.05) is 0 Å². The Bertz CT molecular complexity index is 734. The second-order valence-electron chi connectivity index (χ2n) is 5.19. The summed E-state index contributed by atoms with van der Waals surface area (Å²) in [5.41, 5.74) is 2.99. The zero-order valence-corrected chi connectivity index (χ0v) is 12.6. The summed E-state index contributed by atoms with van der Waals surface area (Å²) < 4.78 is 10.8. The first-order chi connectivity index (χ1) is 10.6. The summed E-state index contributed by atoms with van der Waals surface area (Å²) in [5, 5.41) is 0. The van der Waals surface area contributed by atoms with E-state index >= 15 is 0 Å². The highest BCUT2D eigenvalue weighted by molar-refractivity contribution is 5.85. The molecule has 1 aliphatic rings. The molecule has 0 amide bonds. The lowest BCUT2D eigenvalue weighted by Crippen LogP contribution is -2.25. The first-order valence-corrected chi connectivity index (χ1v) is 7.00. The summed E-state index contributed by atoms with van der Waals surface area (Å²) in [7, 11) is 1.65. The van der Waals surface area contributed by atoms with Crippen molar-refractivity contribution >= 4 is 11.5 Å². The number of benzene rings is 2. The van der Waals surface area contributed by atoms with E-state index in [4.69, 9.17) is 9.47 Å². The molecule has 0 aliphatic carbocycles. The minimum Gasteiger partial charge on any atom is -0.497 e. The normalized spacial score (nSPS) is 12.8. The number of hydrogen-bond acceptors (Lipinski definition) is 4. The van der Waals surface area contributed by atoms with Crippen molar-refractivity contribution in [3.63, 3.8) is 0 Å². The maximum Gasteiger partial charge on any atom is 0.193 e. The van der Waals surface area contributed by atoms with Gasteiger partial charge < -0.3 is 14.4 Å². The molecule has 3 rings (SSSR count). The monoisotopic (exact) mass is 295 g/mol. The lowest BCUT2D eigenvalue weighted by molar-refractivity contribution is -0.115. The number of fused-ring (bicyclic) bond motifs is 1. The van der Waals surface area contributed by atoms with Gasteiger partial charge in [-0.15, -0.1) is 0 Å². The van der Waals surface area contributed by atoms with Crippen molar-refractivity contribution in [1.82, 2.24) is 0 Å². The van der Waals surface area contributed by atoms with Crippen LogP contribution in [0.2, 0.25) is 0 Å². The minimum absolute atomic E-state index is 0.0625. The minimum atomic E-state index is 0.0625. The lowest BCUT2D eigenvalue weighted by atomic mass is 10.0. The quantitative estimate of drug-likeness (QED) is 0.863. The fourth-order valence-electron chi connectivity index (χ4n) is 2.49. The number of methoxy groups -OCH3 is 1. The fourth-order valence-corrected chi connectivity index (χ4v) is 2.49. The van der Waals surface area contributed by atoms with Crippen LogP contribution in [0.4, 0.5) is 5.69 Å². The van der Waals surface area contributed by atoms with Crippen LogP contribution in [0.5, 0.6) is 11.5 Å². The molecule has 0 spiro atoms. The molecule has 1 heterocycles. The zero-order chi connectivity index (χ0) is 15.7. The number of rotatable bonds is 4. The summed E-state index contributed by atoms with van der Waals surface area (Å²) in [6, 6.07) is 13.8. The number of hydrogen-bond donors (Lipinski definition) is 0. The molecular weight excluding hydrogens is 278 g/mol. The molecule has 2 aromatic carbocycles. The number of anilines is 1. The zero-order valence-electron chi connectivity index (χ0n) is 12.6. The Morgan fingerprint density at radius 3 is 2.50 bits per heavy atom. The van der Waals surface area contributed by atoms with E-state index in [0.29, 0.717) is 5.88 Å². The molecule has 0 aromatic heterocycles.